The summed E-state index contributed by atoms with van der Waals surface area (Å²) in [6, 6.07) is 1.49. The van der Waals surface area contributed by atoms with E-state index >= 15 is 0 Å². The summed E-state index contributed by atoms with van der Waals surface area (Å²) in [7, 11) is -3.16. The second-order valence-corrected chi connectivity index (χ2v) is 9.03. The van der Waals surface area contributed by atoms with Gasteiger partial charge in [0.25, 0.3) is 5.91 Å². The summed E-state index contributed by atoms with van der Waals surface area (Å²) in [5.74, 6) is -0.101. The number of aryl methyl sites for hydroxylation is 2. The zero-order chi connectivity index (χ0) is 17.3. The maximum Gasteiger partial charge on any atom is 0.264 e. The number of amides is 1. The second kappa shape index (κ2) is 6.68. The monoisotopic (exact) mass is 367 g/mol. The van der Waals surface area contributed by atoms with Crippen LogP contribution in [-0.2, 0) is 22.8 Å². The molecule has 0 saturated carbocycles. The number of aromatic nitrogens is 2. The van der Waals surface area contributed by atoms with Gasteiger partial charge in [-0.1, -0.05) is 6.92 Å². The minimum Gasteiger partial charge on any atom is -0.329 e. The van der Waals surface area contributed by atoms with Crippen LogP contribution in [0.3, 0.4) is 0 Å². The minimum absolute atomic E-state index is 0.0178. The molecule has 1 amide bonds. The lowest BCUT2D eigenvalue weighted by molar-refractivity contribution is 0.0701. The van der Waals surface area contributed by atoms with Crippen molar-refractivity contribution in [1.82, 2.24) is 14.7 Å². The predicted molar refractivity (Wildman–Crippen MR) is 94.0 cm³/mol. The Morgan fingerprint density at radius 2 is 2.21 bits per heavy atom. The van der Waals surface area contributed by atoms with Crippen molar-refractivity contribution >= 4 is 27.1 Å². The lowest BCUT2D eigenvalue weighted by Gasteiger charge is -2.35. The Labute approximate surface area is 146 Å². The first kappa shape index (κ1) is 17.2. The Morgan fingerprint density at radius 1 is 1.42 bits per heavy atom. The number of carbonyl (C=O) groups is 1. The van der Waals surface area contributed by atoms with Crippen molar-refractivity contribution in [3.05, 3.63) is 39.8 Å². The first-order valence-electron chi connectivity index (χ1n) is 8.05. The molecule has 24 heavy (non-hydrogen) atoms. The van der Waals surface area contributed by atoms with Gasteiger partial charge in [0.2, 0.25) is 0 Å². The van der Waals surface area contributed by atoms with Gasteiger partial charge in [0.05, 0.1) is 28.6 Å². The lowest BCUT2D eigenvalue weighted by Crippen LogP contribution is -2.46. The molecule has 1 saturated heterocycles. The number of carbonyl (C=O) groups excluding carboxylic acids is 1. The van der Waals surface area contributed by atoms with Gasteiger partial charge in [0, 0.05) is 24.8 Å². The predicted octanol–water partition coefficient (Wildman–Crippen LogP) is 2.14. The van der Waals surface area contributed by atoms with E-state index in [2.05, 4.69) is 5.10 Å². The van der Waals surface area contributed by atoms with E-state index in [9.17, 15) is 13.2 Å². The van der Waals surface area contributed by atoms with E-state index in [0.717, 1.165) is 17.5 Å². The minimum atomic E-state index is -3.16. The average molecular weight is 367 g/mol. The zero-order valence-electron chi connectivity index (χ0n) is 13.8. The fraction of sp³-hybridized carbons (Fsp3) is 0.500. The molecule has 0 aliphatic carbocycles. The summed E-state index contributed by atoms with van der Waals surface area (Å²) in [6.45, 7) is 4.92. The third-order valence-electron chi connectivity index (χ3n) is 4.38. The maximum atomic E-state index is 13.0. The topological polar surface area (TPSA) is 72.3 Å². The first-order valence-corrected chi connectivity index (χ1v) is 10.8. The molecule has 1 atom stereocenters. The Morgan fingerprint density at radius 3 is 2.88 bits per heavy atom. The molecule has 0 aromatic carbocycles. The van der Waals surface area contributed by atoms with Gasteiger partial charge in [-0.25, -0.2) is 8.42 Å². The van der Waals surface area contributed by atoms with Crippen LogP contribution in [0.2, 0.25) is 0 Å². The molecule has 0 spiro atoms. The van der Waals surface area contributed by atoms with E-state index in [1.807, 2.05) is 31.5 Å². The van der Waals surface area contributed by atoms with Gasteiger partial charge >= 0.3 is 0 Å². The van der Waals surface area contributed by atoms with E-state index < -0.39 is 15.9 Å². The van der Waals surface area contributed by atoms with Crippen molar-refractivity contribution < 1.29 is 13.2 Å². The highest BCUT2D eigenvalue weighted by Gasteiger charge is 2.37. The molecule has 0 N–H and O–H groups in total. The van der Waals surface area contributed by atoms with Gasteiger partial charge in [0.15, 0.2) is 9.84 Å². The van der Waals surface area contributed by atoms with Gasteiger partial charge in [-0.3, -0.25) is 9.48 Å². The number of sulfone groups is 1. The molecular weight excluding hydrogens is 346 g/mol. The molecular formula is C16H21N3O3S2. The van der Waals surface area contributed by atoms with Crippen molar-refractivity contribution in [1.29, 1.82) is 0 Å². The summed E-state index contributed by atoms with van der Waals surface area (Å²) in [5.41, 5.74) is 1.80. The van der Waals surface area contributed by atoms with Crippen molar-refractivity contribution in [2.24, 2.45) is 0 Å². The van der Waals surface area contributed by atoms with Crippen LogP contribution in [0.4, 0.5) is 0 Å². The number of hydrogen-bond donors (Lipinski definition) is 0. The molecule has 2 aromatic heterocycles. The standard InChI is InChI=1S/C16H21N3O3S2/c1-3-12-5-7-23-15(12)16(20)19-6-8-24(21,22)11-14(19)13-9-17-18(4-2)10-13/h5,7,9-10,14H,3-4,6,8,11H2,1-2H3. The Kier molecular flexibility index (Phi) is 4.78. The van der Waals surface area contributed by atoms with Crippen LogP contribution in [0.25, 0.3) is 0 Å². The highest BCUT2D eigenvalue weighted by Crippen LogP contribution is 2.30. The SMILES string of the molecule is CCc1ccsc1C(=O)N1CCS(=O)(=O)CC1c1cnn(CC)c1. The normalized spacial score (nSPS) is 20.2. The zero-order valence-corrected chi connectivity index (χ0v) is 15.4. The number of thiophene rings is 1. The van der Waals surface area contributed by atoms with Crippen LogP contribution in [0, 0.1) is 0 Å². The van der Waals surface area contributed by atoms with Crippen molar-refractivity contribution in [2.75, 3.05) is 18.1 Å². The van der Waals surface area contributed by atoms with Crippen LogP contribution < -0.4 is 0 Å². The highest BCUT2D eigenvalue weighted by molar-refractivity contribution is 7.91. The third kappa shape index (κ3) is 3.25. The molecule has 2 aromatic rings. The Hall–Kier alpha value is -1.67. The first-order chi connectivity index (χ1) is 11.4. The molecule has 1 unspecified atom stereocenters. The summed E-state index contributed by atoms with van der Waals surface area (Å²) >= 11 is 1.42. The average Bonchev–Trinajstić information content (AvgIpc) is 3.22. The van der Waals surface area contributed by atoms with E-state index in [1.165, 1.54) is 11.3 Å². The number of hydrogen-bond acceptors (Lipinski definition) is 5. The van der Waals surface area contributed by atoms with Crippen LogP contribution in [-0.4, -0.2) is 47.1 Å². The van der Waals surface area contributed by atoms with E-state index in [-0.39, 0.29) is 24.0 Å². The van der Waals surface area contributed by atoms with Crippen LogP contribution in [0.1, 0.15) is 40.7 Å². The van der Waals surface area contributed by atoms with Gasteiger partial charge in [-0.15, -0.1) is 11.3 Å². The smallest absolute Gasteiger partial charge is 0.264 e. The van der Waals surface area contributed by atoms with Gasteiger partial charge in [0.1, 0.15) is 0 Å². The van der Waals surface area contributed by atoms with Crippen LogP contribution >= 0.6 is 11.3 Å². The molecule has 1 aliphatic rings. The van der Waals surface area contributed by atoms with Crippen LogP contribution in [0.5, 0.6) is 0 Å². The third-order valence-corrected chi connectivity index (χ3v) is 6.95. The molecule has 3 heterocycles. The van der Waals surface area contributed by atoms with E-state index in [1.54, 1.807) is 15.8 Å². The van der Waals surface area contributed by atoms with Crippen LogP contribution in [0.15, 0.2) is 23.8 Å². The quantitative estimate of drug-likeness (QED) is 0.830. The molecule has 0 bridgehead atoms. The number of rotatable bonds is 4. The second-order valence-electron chi connectivity index (χ2n) is 5.89. The Bertz CT molecular complexity index is 838. The summed E-state index contributed by atoms with van der Waals surface area (Å²) in [6.07, 6.45) is 4.29. The molecule has 3 rings (SSSR count). The molecule has 1 aliphatic heterocycles. The maximum absolute atomic E-state index is 13.0. The largest absolute Gasteiger partial charge is 0.329 e. The molecule has 1 fully saturated rings. The van der Waals surface area contributed by atoms with Gasteiger partial charge in [-0.05, 0) is 30.4 Å². The van der Waals surface area contributed by atoms with E-state index in [0.29, 0.717) is 11.4 Å². The summed E-state index contributed by atoms with van der Waals surface area (Å²) < 4.78 is 26.0. The Balaban J connectivity index is 1.96. The fourth-order valence-corrected chi connectivity index (χ4v) is 5.43. The molecule has 0 radical (unpaired) electrons. The molecule has 8 heteroatoms. The van der Waals surface area contributed by atoms with Crippen molar-refractivity contribution in [3.8, 4) is 0 Å². The van der Waals surface area contributed by atoms with Crippen molar-refractivity contribution in [3.63, 3.8) is 0 Å². The molecule has 130 valence electrons. The number of nitrogens with zero attached hydrogens (tertiary/aromatic N) is 3. The van der Waals surface area contributed by atoms with E-state index in [4.69, 9.17) is 0 Å². The fourth-order valence-electron chi connectivity index (χ4n) is 2.98. The lowest BCUT2D eigenvalue weighted by atomic mass is 10.1. The van der Waals surface area contributed by atoms with Crippen molar-refractivity contribution in [2.45, 2.75) is 32.9 Å². The van der Waals surface area contributed by atoms with Gasteiger partial charge < -0.3 is 4.90 Å². The summed E-state index contributed by atoms with van der Waals surface area (Å²) in [4.78, 5) is 15.4. The van der Waals surface area contributed by atoms with Gasteiger partial charge in [-0.2, -0.15) is 5.10 Å². The molecule has 6 nitrogen and oxygen atoms in total. The summed E-state index contributed by atoms with van der Waals surface area (Å²) in [5, 5.41) is 6.15. The highest BCUT2D eigenvalue weighted by atomic mass is 32.2.